The van der Waals surface area contributed by atoms with Crippen molar-refractivity contribution < 1.29 is 24.0 Å². The zero-order valence-electron chi connectivity index (χ0n) is 21.9. The van der Waals surface area contributed by atoms with Gasteiger partial charge < -0.3 is 24.8 Å². The Labute approximate surface area is 223 Å². The van der Waals surface area contributed by atoms with Crippen LogP contribution in [0.15, 0.2) is 30.5 Å². The van der Waals surface area contributed by atoms with E-state index in [-0.39, 0.29) is 18.1 Å². The summed E-state index contributed by atoms with van der Waals surface area (Å²) in [5.74, 6) is 0.635. The van der Waals surface area contributed by atoms with Gasteiger partial charge in [-0.05, 0) is 62.3 Å². The normalized spacial score (nSPS) is 38.8. The summed E-state index contributed by atoms with van der Waals surface area (Å²) in [7, 11) is 0. The predicted octanol–water partition coefficient (Wildman–Crippen LogP) is 5.11. The van der Waals surface area contributed by atoms with E-state index in [0.717, 1.165) is 55.5 Å². The molecule has 37 heavy (non-hydrogen) atoms. The minimum atomic E-state index is -0.760. The molecule has 0 radical (unpaired) electrons. The molecular formula is C28H38ClN3O5. The number of anilines is 1. The lowest BCUT2D eigenvalue weighted by atomic mass is 9.58. The topological polar surface area (TPSA) is 83.1 Å². The molecule has 1 aromatic heterocycles. The molecular weight excluding hydrogens is 494 g/mol. The Bertz CT molecular complexity index is 1120. The van der Waals surface area contributed by atoms with Crippen LogP contribution in [0.2, 0.25) is 5.02 Å². The van der Waals surface area contributed by atoms with Gasteiger partial charge in [0.2, 0.25) is 5.79 Å². The Hall–Kier alpha value is -1.52. The van der Waals surface area contributed by atoms with Gasteiger partial charge in [-0.3, -0.25) is 4.98 Å². The first kappa shape index (κ1) is 25.7. The number of aromatic nitrogens is 1. The number of hydrogen-bond acceptors (Lipinski definition) is 8. The van der Waals surface area contributed by atoms with Gasteiger partial charge in [-0.15, -0.1) is 0 Å². The highest BCUT2D eigenvalue weighted by atomic mass is 35.5. The largest absolute Gasteiger partial charge is 0.383 e. The van der Waals surface area contributed by atoms with Crippen LogP contribution < -0.4 is 10.6 Å². The van der Waals surface area contributed by atoms with E-state index in [2.05, 4.69) is 29.5 Å². The molecule has 1 saturated carbocycles. The smallest absolute Gasteiger partial charge is 0.201 e. The third-order valence-electron chi connectivity index (χ3n) is 8.98. The van der Waals surface area contributed by atoms with Gasteiger partial charge in [-0.25, -0.2) is 9.78 Å². The van der Waals surface area contributed by atoms with E-state index in [1.54, 1.807) is 6.20 Å². The molecule has 202 valence electrons. The van der Waals surface area contributed by atoms with Gasteiger partial charge in [0.1, 0.15) is 0 Å². The summed E-state index contributed by atoms with van der Waals surface area (Å²) in [5.41, 5.74) is 1.40. The molecule has 4 saturated heterocycles. The fourth-order valence-corrected chi connectivity index (χ4v) is 7.16. The van der Waals surface area contributed by atoms with Gasteiger partial charge in [0.05, 0.1) is 12.1 Å². The lowest BCUT2D eigenvalue weighted by molar-refractivity contribution is -0.577. The van der Waals surface area contributed by atoms with E-state index in [1.165, 1.54) is 6.42 Å². The Kier molecular flexibility index (Phi) is 7.11. The van der Waals surface area contributed by atoms with E-state index >= 15 is 0 Å². The zero-order chi connectivity index (χ0) is 25.6. The van der Waals surface area contributed by atoms with Gasteiger partial charge in [0, 0.05) is 60.2 Å². The van der Waals surface area contributed by atoms with Crippen LogP contribution >= 0.6 is 11.6 Å². The average Bonchev–Trinajstić information content (AvgIpc) is 3.12. The molecule has 2 N–H and O–H groups in total. The van der Waals surface area contributed by atoms with Crippen LogP contribution in [0.1, 0.15) is 46.5 Å². The number of benzene rings is 1. The highest BCUT2D eigenvalue weighted by Gasteiger charge is 2.69. The summed E-state index contributed by atoms with van der Waals surface area (Å²) in [4.78, 5) is 16.5. The number of hydrogen-bond donors (Lipinski definition) is 2. The third-order valence-corrected chi connectivity index (χ3v) is 9.22. The van der Waals surface area contributed by atoms with E-state index in [1.807, 2.05) is 31.2 Å². The van der Waals surface area contributed by atoms with Gasteiger partial charge in [0.15, 0.2) is 18.2 Å². The second-order valence-corrected chi connectivity index (χ2v) is 11.8. The lowest BCUT2D eigenvalue weighted by Crippen LogP contribution is -2.70. The molecule has 5 fully saturated rings. The molecule has 2 aromatic rings. The summed E-state index contributed by atoms with van der Waals surface area (Å²) in [5, 5.41) is 8.70. The second kappa shape index (κ2) is 10.2. The van der Waals surface area contributed by atoms with Crippen molar-refractivity contribution in [2.45, 2.75) is 70.4 Å². The predicted molar refractivity (Wildman–Crippen MR) is 141 cm³/mol. The number of nitrogens with zero attached hydrogens (tertiary/aromatic N) is 1. The van der Waals surface area contributed by atoms with Crippen LogP contribution in [-0.4, -0.2) is 55.2 Å². The summed E-state index contributed by atoms with van der Waals surface area (Å²) >= 11 is 6.10. The van der Waals surface area contributed by atoms with Gasteiger partial charge in [-0.2, -0.15) is 0 Å². The Morgan fingerprint density at radius 3 is 2.86 bits per heavy atom. The van der Waals surface area contributed by atoms with E-state index in [4.69, 9.17) is 35.6 Å². The molecule has 0 amide bonds. The van der Waals surface area contributed by atoms with Crippen molar-refractivity contribution in [3.8, 4) is 0 Å². The second-order valence-electron chi connectivity index (χ2n) is 11.3. The van der Waals surface area contributed by atoms with E-state index < -0.39 is 17.7 Å². The van der Waals surface area contributed by atoms with Crippen molar-refractivity contribution in [1.29, 1.82) is 0 Å². The zero-order valence-corrected chi connectivity index (χ0v) is 22.6. The van der Waals surface area contributed by atoms with E-state index in [9.17, 15) is 0 Å². The lowest BCUT2D eigenvalue weighted by Gasteiger charge is -2.60. The quantitative estimate of drug-likeness (QED) is 0.359. The van der Waals surface area contributed by atoms with Crippen molar-refractivity contribution in [3.05, 3.63) is 35.5 Å². The van der Waals surface area contributed by atoms with Gasteiger partial charge in [-0.1, -0.05) is 25.4 Å². The number of nitrogens with one attached hydrogen (secondary N) is 2. The Morgan fingerprint density at radius 1 is 1.08 bits per heavy atom. The van der Waals surface area contributed by atoms with Crippen LogP contribution in [0.25, 0.3) is 10.9 Å². The first-order valence-corrected chi connectivity index (χ1v) is 14.1. The monoisotopic (exact) mass is 531 g/mol. The molecule has 0 unspecified atom stereocenters. The van der Waals surface area contributed by atoms with Crippen molar-refractivity contribution in [3.63, 3.8) is 0 Å². The molecule has 1 aromatic carbocycles. The molecule has 8 atom stereocenters. The van der Waals surface area contributed by atoms with Crippen LogP contribution in [0, 0.1) is 23.7 Å². The molecule has 9 heteroatoms. The maximum absolute atomic E-state index is 6.49. The maximum atomic E-state index is 6.49. The number of rotatable bonds is 8. The number of halogens is 1. The third kappa shape index (κ3) is 4.65. The standard InChI is InChI=1S/C28H38ClN3O5/c1-17-4-7-22-18(2)25(34-26-28(22)21(17)8-10-27(3,35-26)36-37-28)33-15-14-30-12-13-32-23-9-11-31-24-16-19(29)5-6-20(23)24/h5-6,9,11,16-18,21-22,25-26,30H,4,7-8,10,12-15H2,1-3H3,(H,31,32)/t17-,18-,21+,22+,25+,26-,27-,28-/m1/s1. The molecule has 1 aliphatic carbocycles. The summed E-state index contributed by atoms with van der Waals surface area (Å²) in [6.45, 7) is 9.40. The number of ether oxygens (including phenoxy) is 3. The minimum absolute atomic E-state index is 0.191. The maximum Gasteiger partial charge on any atom is 0.201 e. The molecule has 1 spiro atoms. The molecule has 7 rings (SSSR count). The number of pyridine rings is 1. The summed E-state index contributed by atoms with van der Waals surface area (Å²) in [6.07, 6.45) is 5.13. The van der Waals surface area contributed by atoms with Crippen molar-refractivity contribution in [2.75, 3.05) is 31.6 Å². The van der Waals surface area contributed by atoms with Crippen LogP contribution in [0.5, 0.6) is 0 Å². The van der Waals surface area contributed by atoms with Crippen LogP contribution in [0.3, 0.4) is 0 Å². The molecule has 5 aliphatic rings. The summed E-state index contributed by atoms with van der Waals surface area (Å²) < 4.78 is 19.2. The highest BCUT2D eigenvalue weighted by Crippen LogP contribution is 2.60. The van der Waals surface area contributed by atoms with Crippen molar-refractivity contribution in [2.24, 2.45) is 23.7 Å². The SMILES string of the molecule is C[C@H]1[C@@H](OCCNCCNc2ccnc3cc(Cl)ccc23)O[C@@H]2O[C@@]3(C)CC[C@H]4[C@H](C)CC[C@@H]1[C@@]24OO3. The average molecular weight is 532 g/mol. The fourth-order valence-electron chi connectivity index (χ4n) is 7.00. The minimum Gasteiger partial charge on any atom is -0.383 e. The van der Waals surface area contributed by atoms with Crippen molar-refractivity contribution >= 4 is 28.2 Å². The number of fused-ring (bicyclic) bond motifs is 3. The molecule has 4 aliphatic heterocycles. The fraction of sp³-hybridized carbons (Fsp3) is 0.679. The van der Waals surface area contributed by atoms with Crippen LogP contribution in [0.4, 0.5) is 5.69 Å². The molecule has 5 heterocycles. The first-order chi connectivity index (χ1) is 17.9. The first-order valence-electron chi connectivity index (χ1n) is 13.7. The van der Waals surface area contributed by atoms with Crippen LogP contribution in [-0.2, 0) is 24.0 Å². The van der Waals surface area contributed by atoms with Gasteiger partial charge >= 0.3 is 0 Å². The van der Waals surface area contributed by atoms with Crippen molar-refractivity contribution in [1.82, 2.24) is 10.3 Å². The molecule has 2 bridgehead atoms. The Balaban J connectivity index is 1.00. The van der Waals surface area contributed by atoms with Gasteiger partial charge in [0.25, 0.3) is 0 Å². The highest BCUT2D eigenvalue weighted by molar-refractivity contribution is 6.31. The molecule has 8 nitrogen and oxygen atoms in total. The van der Waals surface area contributed by atoms with E-state index in [0.29, 0.717) is 23.5 Å². The summed E-state index contributed by atoms with van der Waals surface area (Å²) in [6, 6.07) is 7.76. The Morgan fingerprint density at radius 2 is 1.97 bits per heavy atom.